The van der Waals surface area contributed by atoms with Gasteiger partial charge in [0.2, 0.25) is 0 Å². The molecule has 1 aromatic rings. The standard InChI is InChI=1S/C14H19NO4/c1-3-7-15-9-11-5-6-12(19-10-14(16)17)13(8-11)18-4-2/h3,5-6,8,15H,1,4,7,9-10H2,2H3,(H,16,17). The van der Waals surface area contributed by atoms with E-state index in [-0.39, 0.29) is 6.61 Å². The summed E-state index contributed by atoms with van der Waals surface area (Å²) in [4.78, 5) is 10.5. The number of aliphatic carboxylic acids is 1. The molecule has 0 heterocycles. The Hall–Kier alpha value is -2.01. The molecule has 0 atom stereocenters. The number of hydrogen-bond acceptors (Lipinski definition) is 4. The molecular weight excluding hydrogens is 246 g/mol. The van der Waals surface area contributed by atoms with Crippen molar-refractivity contribution in [3.63, 3.8) is 0 Å². The fourth-order valence-electron chi connectivity index (χ4n) is 1.51. The van der Waals surface area contributed by atoms with Gasteiger partial charge in [-0.25, -0.2) is 4.79 Å². The van der Waals surface area contributed by atoms with E-state index in [1.165, 1.54) is 0 Å². The zero-order valence-corrected chi connectivity index (χ0v) is 11.0. The maximum absolute atomic E-state index is 10.5. The Morgan fingerprint density at radius 3 is 2.84 bits per heavy atom. The lowest BCUT2D eigenvalue weighted by atomic mass is 10.2. The molecule has 1 rings (SSSR count). The molecular formula is C14H19NO4. The normalized spacial score (nSPS) is 9.95. The van der Waals surface area contributed by atoms with Gasteiger partial charge in [-0.3, -0.25) is 0 Å². The Morgan fingerprint density at radius 1 is 1.42 bits per heavy atom. The average Bonchev–Trinajstić information content (AvgIpc) is 2.38. The van der Waals surface area contributed by atoms with Crippen molar-refractivity contribution in [2.24, 2.45) is 0 Å². The molecule has 0 radical (unpaired) electrons. The highest BCUT2D eigenvalue weighted by Gasteiger charge is 2.08. The molecule has 0 aromatic heterocycles. The highest BCUT2D eigenvalue weighted by Crippen LogP contribution is 2.28. The van der Waals surface area contributed by atoms with Crippen LogP contribution in [-0.2, 0) is 11.3 Å². The summed E-state index contributed by atoms with van der Waals surface area (Å²) in [6.45, 7) is 7.02. The van der Waals surface area contributed by atoms with Gasteiger partial charge < -0.3 is 19.9 Å². The SMILES string of the molecule is C=CCNCc1ccc(OCC(=O)O)c(OCC)c1. The monoisotopic (exact) mass is 265 g/mol. The van der Waals surface area contributed by atoms with Crippen molar-refractivity contribution in [3.8, 4) is 11.5 Å². The van der Waals surface area contributed by atoms with Crippen LogP contribution in [0.4, 0.5) is 0 Å². The first kappa shape index (κ1) is 15.0. The van der Waals surface area contributed by atoms with Crippen LogP contribution in [0, 0.1) is 0 Å². The average molecular weight is 265 g/mol. The molecule has 0 bridgehead atoms. The fourth-order valence-corrected chi connectivity index (χ4v) is 1.51. The number of carboxylic acids is 1. The van der Waals surface area contributed by atoms with Crippen molar-refractivity contribution in [2.75, 3.05) is 19.8 Å². The van der Waals surface area contributed by atoms with E-state index < -0.39 is 5.97 Å². The van der Waals surface area contributed by atoms with Crippen molar-refractivity contribution < 1.29 is 19.4 Å². The second-order valence-electron chi connectivity index (χ2n) is 3.82. The molecule has 1 aromatic carbocycles. The van der Waals surface area contributed by atoms with Gasteiger partial charge in [-0.1, -0.05) is 12.1 Å². The van der Waals surface area contributed by atoms with Gasteiger partial charge in [0.1, 0.15) is 0 Å². The molecule has 5 nitrogen and oxygen atoms in total. The van der Waals surface area contributed by atoms with Crippen molar-refractivity contribution in [2.45, 2.75) is 13.5 Å². The Kier molecular flexibility index (Phi) is 6.46. The largest absolute Gasteiger partial charge is 0.490 e. The topological polar surface area (TPSA) is 67.8 Å². The van der Waals surface area contributed by atoms with Crippen LogP contribution in [-0.4, -0.2) is 30.8 Å². The molecule has 5 heteroatoms. The lowest BCUT2D eigenvalue weighted by molar-refractivity contribution is -0.139. The second kappa shape index (κ2) is 8.16. The lowest BCUT2D eigenvalue weighted by Crippen LogP contribution is -2.13. The molecule has 0 spiro atoms. The third-order valence-electron chi connectivity index (χ3n) is 2.28. The zero-order chi connectivity index (χ0) is 14.1. The van der Waals surface area contributed by atoms with Gasteiger partial charge in [0.05, 0.1) is 6.61 Å². The minimum absolute atomic E-state index is 0.381. The van der Waals surface area contributed by atoms with Gasteiger partial charge in [0, 0.05) is 13.1 Å². The van der Waals surface area contributed by atoms with Crippen molar-refractivity contribution >= 4 is 5.97 Å². The summed E-state index contributed by atoms with van der Waals surface area (Å²) >= 11 is 0. The van der Waals surface area contributed by atoms with Crippen molar-refractivity contribution in [3.05, 3.63) is 36.4 Å². The molecule has 0 saturated carbocycles. The number of carbonyl (C=O) groups is 1. The summed E-state index contributed by atoms with van der Waals surface area (Å²) < 4.78 is 10.6. The number of hydrogen-bond donors (Lipinski definition) is 2. The predicted molar refractivity (Wildman–Crippen MR) is 72.6 cm³/mol. The van der Waals surface area contributed by atoms with E-state index in [1.54, 1.807) is 12.1 Å². The van der Waals surface area contributed by atoms with E-state index in [1.807, 2.05) is 19.1 Å². The number of ether oxygens (including phenoxy) is 2. The Bertz CT molecular complexity index is 431. The smallest absolute Gasteiger partial charge is 0.341 e. The van der Waals surface area contributed by atoms with E-state index >= 15 is 0 Å². The van der Waals surface area contributed by atoms with Crippen LogP contribution in [0.15, 0.2) is 30.9 Å². The van der Waals surface area contributed by atoms with Gasteiger partial charge in [0.25, 0.3) is 0 Å². The summed E-state index contributed by atoms with van der Waals surface area (Å²) in [6.07, 6.45) is 1.79. The second-order valence-corrected chi connectivity index (χ2v) is 3.82. The third kappa shape index (κ3) is 5.44. The van der Waals surface area contributed by atoms with Crippen molar-refractivity contribution in [1.82, 2.24) is 5.32 Å². The molecule has 2 N–H and O–H groups in total. The van der Waals surface area contributed by atoms with Crippen LogP contribution in [0.3, 0.4) is 0 Å². The highest BCUT2D eigenvalue weighted by atomic mass is 16.5. The first-order chi connectivity index (χ1) is 9.17. The van der Waals surface area contributed by atoms with E-state index in [2.05, 4.69) is 11.9 Å². The molecule has 104 valence electrons. The van der Waals surface area contributed by atoms with Crippen LogP contribution < -0.4 is 14.8 Å². The van der Waals surface area contributed by atoms with E-state index in [0.717, 1.165) is 12.1 Å². The number of benzene rings is 1. The Labute approximate surface area is 112 Å². The van der Waals surface area contributed by atoms with Gasteiger partial charge in [-0.05, 0) is 24.6 Å². The van der Waals surface area contributed by atoms with Gasteiger partial charge in [-0.15, -0.1) is 6.58 Å². The van der Waals surface area contributed by atoms with Gasteiger partial charge >= 0.3 is 5.97 Å². The molecule has 0 amide bonds. The minimum atomic E-state index is -1.01. The van der Waals surface area contributed by atoms with Crippen molar-refractivity contribution in [1.29, 1.82) is 0 Å². The summed E-state index contributed by atoms with van der Waals surface area (Å²) in [5, 5.41) is 11.8. The maximum Gasteiger partial charge on any atom is 0.341 e. The first-order valence-electron chi connectivity index (χ1n) is 6.09. The van der Waals surface area contributed by atoms with Crippen LogP contribution >= 0.6 is 0 Å². The van der Waals surface area contributed by atoms with Crippen LogP contribution in [0.5, 0.6) is 11.5 Å². The quantitative estimate of drug-likeness (QED) is 0.526. The minimum Gasteiger partial charge on any atom is -0.490 e. The number of carboxylic acid groups (broad SMARTS) is 1. The zero-order valence-electron chi connectivity index (χ0n) is 11.0. The van der Waals surface area contributed by atoms with E-state index in [4.69, 9.17) is 14.6 Å². The lowest BCUT2D eigenvalue weighted by Gasteiger charge is -2.12. The maximum atomic E-state index is 10.5. The predicted octanol–water partition coefficient (Wildman–Crippen LogP) is 1.82. The summed E-state index contributed by atoms with van der Waals surface area (Å²) in [5.74, 6) is -0.0162. The van der Waals surface area contributed by atoms with Crippen LogP contribution in [0.25, 0.3) is 0 Å². The molecule has 0 saturated heterocycles. The van der Waals surface area contributed by atoms with Gasteiger partial charge in [0.15, 0.2) is 18.1 Å². The Balaban J connectivity index is 2.74. The molecule has 19 heavy (non-hydrogen) atoms. The summed E-state index contributed by atoms with van der Waals surface area (Å²) in [7, 11) is 0. The van der Waals surface area contributed by atoms with Crippen LogP contribution in [0.2, 0.25) is 0 Å². The Morgan fingerprint density at radius 2 is 2.21 bits per heavy atom. The number of rotatable bonds is 9. The van der Waals surface area contributed by atoms with Gasteiger partial charge in [-0.2, -0.15) is 0 Å². The van der Waals surface area contributed by atoms with E-state index in [9.17, 15) is 4.79 Å². The molecule has 0 fully saturated rings. The highest BCUT2D eigenvalue weighted by molar-refractivity contribution is 5.68. The third-order valence-corrected chi connectivity index (χ3v) is 2.28. The molecule has 0 aliphatic heterocycles. The molecule has 0 aliphatic rings. The van der Waals surface area contributed by atoms with Crippen LogP contribution in [0.1, 0.15) is 12.5 Å². The molecule has 0 unspecified atom stereocenters. The van der Waals surface area contributed by atoms with E-state index in [0.29, 0.717) is 24.7 Å². The fraction of sp³-hybridized carbons (Fsp3) is 0.357. The summed E-state index contributed by atoms with van der Waals surface area (Å²) in [5.41, 5.74) is 1.04. The molecule has 0 aliphatic carbocycles. The summed E-state index contributed by atoms with van der Waals surface area (Å²) in [6, 6.07) is 5.44. The first-order valence-corrected chi connectivity index (χ1v) is 6.09. The number of nitrogens with one attached hydrogen (secondary N) is 1.